The highest BCUT2D eigenvalue weighted by Gasteiger charge is 2.21. The number of esters is 1. The Bertz CT molecular complexity index is 1150. The van der Waals surface area contributed by atoms with Gasteiger partial charge in [-0.15, -0.1) is 0 Å². The SMILES string of the molecule is CCOC(=O)CCCC(=O)c1ccc(N[C@@H](Cc2cccc3ccccc23)C(=O)NC(C)C)cc1. The molecule has 0 aliphatic rings. The number of fused-ring (bicyclic) bond motifs is 1. The highest BCUT2D eigenvalue weighted by Crippen LogP contribution is 2.22. The number of benzene rings is 3. The largest absolute Gasteiger partial charge is 0.466 e. The van der Waals surface area contributed by atoms with E-state index >= 15 is 0 Å². The Kier molecular flexibility index (Phi) is 9.41. The maximum Gasteiger partial charge on any atom is 0.305 e. The van der Waals surface area contributed by atoms with Gasteiger partial charge in [0.2, 0.25) is 5.91 Å². The van der Waals surface area contributed by atoms with Gasteiger partial charge in [0.25, 0.3) is 0 Å². The van der Waals surface area contributed by atoms with Crippen molar-refractivity contribution in [1.82, 2.24) is 5.32 Å². The van der Waals surface area contributed by atoms with Crippen LogP contribution in [0, 0.1) is 0 Å². The van der Waals surface area contributed by atoms with E-state index in [9.17, 15) is 14.4 Å². The molecule has 3 aromatic carbocycles. The zero-order chi connectivity index (χ0) is 25.2. The molecular weight excluding hydrogens is 440 g/mol. The molecule has 0 spiro atoms. The second-order valence-corrected chi connectivity index (χ2v) is 8.86. The molecule has 0 aromatic heterocycles. The molecule has 184 valence electrons. The van der Waals surface area contributed by atoms with Crippen molar-refractivity contribution in [2.75, 3.05) is 11.9 Å². The van der Waals surface area contributed by atoms with E-state index in [1.807, 2.05) is 44.2 Å². The number of hydrogen-bond donors (Lipinski definition) is 2. The van der Waals surface area contributed by atoms with Crippen LogP contribution in [0.15, 0.2) is 66.7 Å². The average molecular weight is 475 g/mol. The molecule has 1 atom stereocenters. The van der Waals surface area contributed by atoms with Gasteiger partial charge in [0.1, 0.15) is 6.04 Å². The van der Waals surface area contributed by atoms with Gasteiger partial charge in [0.15, 0.2) is 5.78 Å². The van der Waals surface area contributed by atoms with Crippen LogP contribution in [0.4, 0.5) is 5.69 Å². The molecule has 3 aromatic rings. The monoisotopic (exact) mass is 474 g/mol. The molecule has 0 saturated heterocycles. The normalized spacial score (nSPS) is 11.8. The molecular formula is C29H34N2O4. The maximum atomic E-state index is 13.0. The number of Topliss-reactive ketones (excluding diaryl/α,β-unsaturated/α-hetero) is 1. The highest BCUT2D eigenvalue weighted by atomic mass is 16.5. The molecule has 0 radical (unpaired) electrons. The first-order valence-corrected chi connectivity index (χ1v) is 12.2. The van der Waals surface area contributed by atoms with Crippen molar-refractivity contribution in [3.63, 3.8) is 0 Å². The molecule has 0 aliphatic heterocycles. The predicted molar refractivity (Wildman–Crippen MR) is 140 cm³/mol. The number of amides is 1. The first-order valence-electron chi connectivity index (χ1n) is 12.2. The summed E-state index contributed by atoms with van der Waals surface area (Å²) in [6, 6.07) is 21.0. The minimum absolute atomic E-state index is 0.0222. The van der Waals surface area contributed by atoms with Gasteiger partial charge in [-0.25, -0.2) is 0 Å². The van der Waals surface area contributed by atoms with Crippen LogP contribution in [0.1, 0.15) is 56.0 Å². The Morgan fingerprint density at radius 2 is 1.60 bits per heavy atom. The molecule has 6 heteroatoms. The third kappa shape index (κ3) is 7.67. The third-order valence-electron chi connectivity index (χ3n) is 5.69. The van der Waals surface area contributed by atoms with Gasteiger partial charge in [-0.3, -0.25) is 14.4 Å². The minimum Gasteiger partial charge on any atom is -0.466 e. The highest BCUT2D eigenvalue weighted by molar-refractivity contribution is 5.96. The number of nitrogens with one attached hydrogen (secondary N) is 2. The van der Waals surface area contributed by atoms with Gasteiger partial charge in [0.05, 0.1) is 6.61 Å². The van der Waals surface area contributed by atoms with E-state index in [1.165, 1.54) is 0 Å². The van der Waals surface area contributed by atoms with Crippen LogP contribution in [0.25, 0.3) is 10.8 Å². The molecule has 35 heavy (non-hydrogen) atoms. The fraction of sp³-hybridized carbons (Fsp3) is 0.345. The summed E-state index contributed by atoms with van der Waals surface area (Å²) in [4.78, 5) is 37.0. The Hall–Kier alpha value is -3.67. The van der Waals surface area contributed by atoms with Crippen molar-refractivity contribution in [3.8, 4) is 0 Å². The second-order valence-electron chi connectivity index (χ2n) is 8.86. The third-order valence-corrected chi connectivity index (χ3v) is 5.69. The number of carbonyl (C=O) groups is 3. The van der Waals surface area contributed by atoms with Crippen LogP contribution in [0.3, 0.4) is 0 Å². The van der Waals surface area contributed by atoms with Gasteiger partial charge in [-0.2, -0.15) is 0 Å². The van der Waals surface area contributed by atoms with E-state index in [-0.39, 0.29) is 36.5 Å². The van der Waals surface area contributed by atoms with Gasteiger partial charge in [-0.05, 0) is 67.8 Å². The van der Waals surface area contributed by atoms with Crippen molar-refractivity contribution < 1.29 is 19.1 Å². The fourth-order valence-corrected chi connectivity index (χ4v) is 4.01. The Morgan fingerprint density at radius 1 is 0.886 bits per heavy atom. The number of rotatable bonds is 12. The van der Waals surface area contributed by atoms with Crippen LogP contribution in [0.2, 0.25) is 0 Å². The van der Waals surface area contributed by atoms with Crippen LogP contribution < -0.4 is 10.6 Å². The molecule has 0 aliphatic carbocycles. The molecule has 0 unspecified atom stereocenters. The van der Waals surface area contributed by atoms with E-state index in [0.29, 0.717) is 25.0 Å². The summed E-state index contributed by atoms with van der Waals surface area (Å²) in [6.07, 6.45) is 1.50. The van der Waals surface area contributed by atoms with Crippen molar-refractivity contribution in [1.29, 1.82) is 0 Å². The first kappa shape index (κ1) is 25.9. The van der Waals surface area contributed by atoms with E-state index < -0.39 is 6.04 Å². The lowest BCUT2D eigenvalue weighted by molar-refractivity contribution is -0.143. The molecule has 0 saturated carbocycles. The van der Waals surface area contributed by atoms with Crippen molar-refractivity contribution in [2.45, 2.75) is 58.5 Å². The molecule has 2 N–H and O–H groups in total. The van der Waals surface area contributed by atoms with Gasteiger partial charge in [-0.1, -0.05) is 42.5 Å². The molecule has 6 nitrogen and oxygen atoms in total. The Morgan fingerprint density at radius 3 is 2.31 bits per heavy atom. The van der Waals surface area contributed by atoms with Crippen molar-refractivity contribution in [3.05, 3.63) is 77.9 Å². The fourth-order valence-electron chi connectivity index (χ4n) is 4.01. The summed E-state index contributed by atoms with van der Waals surface area (Å²) in [5, 5.41) is 8.63. The quantitative estimate of drug-likeness (QED) is 0.275. The summed E-state index contributed by atoms with van der Waals surface area (Å²) >= 11 is 0. The Labute approximate surface area is 207 Å². The van der Waals surface area contributed by atoms with Gasteiger partial charge in [0, 0.05) is 36.6 Å². The van der Waals surface area contributed by atoms with E-state index in [2.05, 4.69) is 34.9 Å². The molecule has 0 bridgehead atoms. The standard InChI is InChI=1S/C29H34N2O4/c1-4-35-28(33)14-8-13-27(32)22-15-17-24(18-16-22)31-26(29(34)30-20(2)3)19-23-11-7-10-21-9-5-6-12-25(21)23/h5-7,9-12,15-18,20,26,31H,4,8,13-14,19H2,1-3H3,(H,30,34)/t26-/m0/s1. The Balaban J connectivity index is 1.70. The average Bonchev–Trinajstić information content (AvgIpc) is 2.84. The summed E-state index contributed by atoms with van der Waals surface area (Å²) in [6.45, 7) is 5.99. The zero-order valence-electron chi connectivity index (χ0n) is 20.7. The van der Waals surface area contributed by atoms with Crippen molar-refractivity contribution in [2.24, 2.45) is 0 Å². The number of hydrogen-bond acceptors (Lipinski definition) is 5. The number of ether oxygens (including phenoxy) is 1. The lowest BCUT2D eigenvalue weighted by atomic mass is 9.98. The minimum atomic E-state index is -0.477. The molecule has 0 heterocycles. The number of carbonyl (C=O) groups excluding carboxylic acids is 3. The molecule has 1 amide bonds. The van der Waals surface area contributed by atoms with Crippen molar-refractivity contribution >= 4 is 34.1 Å². The number of ketones is 1. The zero-order valence-corrected chi connectivity index (χ0v) is 20.7. The van der Waals surface area contributed by atoms with Crippen LogP contribution >= 0.6 is 0 Å². The summed E-state index contributed by atoms with van der Waals surface area (Å²) < 4.78 is 4.90. The smallest absolute Gasteiger partial charge is 0.305 e. The summed E-state index contributed by atoms with van der Waals surface area (Å²) in [5.41, 5.74) is 2.43. The van der Waals surface area contributed by atoms with Gasteiger partial charge >= 0.3 is 5.97 Å². The summed E-state index contributed by atoms with van der Waals surface area (Å²) in [7, 11) is 0. The lowest BCUT2D eigenvalue weighted by Crippen LogP contribution is -2.44. The van der Waals surface area contributed by atoms with E-state index in [4.69, 9.17) is 4.74 Å². The van der Waals surface area contributed by atoms with Gasteiger partial charge < -0.3 is 15.4 Å². The van der Waals surface area contributed by atoms with Crippen LogP contribution in [0.5, 0.6) is 0 Å². The van der Waals surface area contributed by atoms with E-state index in [1.54, 1.807) is 19.1 Å². The van der Waals surface area contributed by atoms with E-state index in [0.717, 1.165) is 22.0 Å². The summed E-state index contributed by atoms with van der Waals surface area (Å²) in [5.74, 6) is -0.380. The lowest BCUT2D eigenvalue weighted by Gasteiger charge is -2.22. The van der Waals surface area contributed by atoms with Crippen LogP contribution in [-0.2, 0) is 20.7 Å². The second kappa shape index (κ2) is 12.7. The molecule has 3 rings (SSSR count). The molecule has 0 fully saturated rings. The van der Waals surface area contributed by atoms with Crippen LogP contribution in [-0.4, -0.2) is 36.4 Å². The topological polar surface area (TPSA) is 84.5 Å². The predicted octanol–water partition coefficient (Wildman–Crippen LogP) is 5.30. The first-order chi connectivity index (χ1) is 16.9. The maximum absolute atomic E-state index is 13.0. The number of anilines is 1.